The third kappa shape index (κ3) is 5.68. The maximum Gasteiger partial charge on any atom is 0.338 e. The van der Waals surface area contributed by atoms with Gasteiger partial charge in [0, 0.05) is 5.69 Å². The lowest BCUT2D eigenvalue weighted by Crippen LogP contribution is -2.16. The number of hydrogen-bond donors (Lipinski definition) is 2. The van der Waals surface area contributed by atoms with Crippen LogP contribution in [0.15, 0.2) is 58.5 Å². The molecule has 0 saturated heterocycles. The number of carbonyl (C=O) groups is 2. The molecule has 2 N–H and O–H groups in total. The highest BCUT2D eigenvalue weighted by molar-refractivity contribution is 7.99. The van der Waals surface area contributed by atoms with Crippen LogP contribution < -0.4 is 10.9 Å². The van der Waals surface area contributed by atoms with Gasteiger partial charge in [0.15, 0.2) is 5.16 Å². The first-order valence-corrected chi connectivity index (χ1v) is 10.2. The molecule has 8 heteroatoms. The topological polar surface area (TPSA) is 101 Å². The predicted octanol–water partition coefficient (Wildman–Crippen LogP) is 3.61. The van der Waals surface area contributed by atoms with Crippen molar-refractivity contribution < 1.29 is 14.3 Å². The molecule has 3 rings (SSSR count). The molecule has 0 aliphatic carbocycles. The number of nitrogens with zero attached hydrogens (tertiary/aromatic N) is 1. The molecule has 0 spiro atoms. The molecule has 1 aromatic heterocycles. The maximum atomic E-state index is 12.3. The van der Waals surface area contributed by atoms with Crippen molar-refractivity contribution >= 4 is 40.2 Å². The number of unbranched alkanes of at least 4 members (excludes halogenated alkanes) is 1. The van der Waals surface area contributed by atoms with E-state index in [2.05, 4.69) is 15.3 Å². The van der Waals surface area contributed by atoms with Gasteiger partial charge in [-0.25, -0.2) is 9.78 Å². The van der Waals surface area contributed by atoms with Crippen molar-refractivity contribution in [2.75, 3.05) is 17.7 Å². The SMILES string of the molecule is CCCCOC(=O)c1cccc(NC(=O)CSc2nc3ccccc3c(=O)[nH]2)c1. The number of H-pyrrole nitrogens is 1. The normalized spacial score (nSPS) is 10.7. The number of rotatable bonds is 8. The van der Waals surface area contributed by atoms with Gasteiger partial charge in [-0.15, -0.1) is 0 Å². The molecule has 7 nitrogen and oxygen atoms in total. The Bertz CT molecular complexity index is 1080. The van der Waals surface area contributed by atoms with E-state index in [4.69, 9.17) is 4.74 Å². The van der Waals surface area contributed by atoms with Gasteiger partial charge in [0.05, 0.1) is 28.8 Å². The highest BCUT2D eigenvalue weighted by Crippen LogP contribution is 2.16. The number of benzene rings is 2. The summed E-state index contributed by atoms with van der Waals surface area (Å²) in [4.78, 5) is 43.4. The number of hydrogen-bond acceptors (Lipinski definition) is 6. The van der Waals surface area contributed by atoms with Crippen LogP contribution in [0.2, 0.25) is 0 Å². The summed E-state index contributed by atoms with van der Waals surface area (Å²) in [7, 11) is 0. The minimum Gasteiger partial charge on any atom is -0.462 e. The lowest BCUT2D eigenvalue weighted by molar-refractivity contribution is -0.113. The van der Waals surface area contributed by atoms with Crippen LogP contribution in [0.25, 0.3) is 10.9 Å². The van der Waals surface area contributed by atoms with Crippen molar-refractivity contribution in [1.29, 1.82) is 0 Å². The van der Waals surface area contributed by atoms with Gasteiger partial charge in [0.25, 0.3) is 5.56 Å². The Morgan fingerprint density at radius 3 is 2.83 bits per heavy atom. The average Bonchev–Trinajstić information content (AvgIpc) is 2.72. The number of ether oxygens (including phenoxy) is 1. The van der Waals surface area contributed by atoms with Crippen LogP contribution in [-0.4, -0.2) is 34.2 Å². The van der Waals surface area contributed by atoms with E-state index in [1.807, 2.05) is 6.92 Å². The molecule has 0 atom stereocenters. The fourth-order valence-corrected chi connectivity index (χ4v) is 3.25. The zero-order valence-corrected chi connectivity index (χ0v) is 16.8. The number of fused-ring (bicyclic) bond motifs is 1. The van der Waals surface area contributed by atoms with Crippen molar-refractivity contribution in [3.05, 3.63) is 64.4 Å². The van der Waals surface area contributed by atoms with Gasteiger partial charge in [-0.2, -0.15) is 0 Å². The van der Waals surface area contributed by atoms with E-state index in [-0.39, 0.29) is 17.2 Å². The summed E-state index contributed by atoms with van der Waals surface area (Å²) in [5.74, 6) is -0.629. The maximum absolute atomic E-state index is 12.3. The fraction of sp³-hybridized carbons (Fsp3) is 0.238. The lowest BCUT2D eigenvalue weighted by atomic mass is 10.2. The van der Waals surface area contributed by atoms with Crippen LogP contribution in [0.4, 0.5) is 5.69 Å². The van der Waals surface area contributed by atoms with Crippen LogP contribution in [0.3, 0.4) is 0 Å². The molecule has 0 fully saturated rings. The van der Waals surface area contributed by atoms with E-state index in [0.717, 1.165) is 24.6 Å². The van der Waals surface area contributed by atoms with E-state index < -0.39 is 5.97 Å². The Hall–Kier alpha value is -3.13. The Morgan fingerprint density at radius 2 is 2.00 bits per heavy atom. The van der Waals surface area contributed by atoms with Crippen LogP contribution in [0.1, 0.15) is 30.1 Å². The van der Waals surface area contributed by atoms with Crippen molar-refractivity contribution in [2.45, 2.75) is 24.9 Å². The predicted molar refractivity (Wildman–Crippen MR) is 113 cm³/mol. The van der Waals surface area contributed by atoms with Gasteiger partial charge in [-0.1, -0.05) is 43.3 Å². The first-order chi connectivity index (χ1) is 14.1. The number of carbonyl (C=O) groups excluding carboxylic acids is 2. The molecule has 1 heterocycles. The number of amides is 1. The Balaban J connectivity index is 1.59. The van der Waals surface area contributed by atoms with E-state index in [1.165, 1.54) is 0 Å². The first-order valence-electron chi connectivity index (χ1n) is 9.25. The number of nitrogens with one attached hydrogen (secondary N) is 2. The molecule has 0 unspecified atom stereocenters. The van der Waals surface area contributed by atoms with Crippen LogP contribution in [0, 0.1) is 0 Å². The van der Waals surface area contributed by atoms with Gasteiger partial charge < -0.3 is 15.0 Å². The van der Waals surface area contributed by atoms with Crippen LogP contribution in [-0.2, 0) is 9.53 Å². The summed E-state index contributed by atoms with van der Waals surface area (Å²) in [6.07, 6.45) is 1.75. The van der Waals surface area contributed by atoms with E-state index in [0.29, 0.717) is 33.9 Å². The van der Waals surface area contributed by atoms with Crippen molar-refractivity contribution in [2.24, 2.45) is 0 Å². The number of aromatic nitrogens is 2. The minimum absolute atomic E-state index is 0.0620. The Morgan fingerprint density at radius 1 is 1.17 bits per heavy atom. The summed E-state index contributed by atoms with van der Waals surface area (Å²) >= 11 is 1.13. The molecule has 0 bridgehead atoms. The highest BCUT2D eigenvalue weighted by Gasteiger charge is 2.11. The largest absolute Gasteiger partial charge is 0.462 e. The second-order valence-electron chi connectivity index (χ2n) is 6.30. The second kappa shape index (κ2) is 9.88. The summed E-state index contributed by atoms with van der Waals surface area (Å²) in [6, 6.07) is 13.6. The van der Waals surface area contributed by atoms with Gasteiger partial charge in [-0.05, 0) is 36.8 Å². The summed E-state index contributed by atoms with van der Waals surface area (Å²) in [5.41, 5.74) is 1.22. The van der Waals surface area contributed by atoms with Gasteiger partial charge in [0.1, 0.15) is 0 Å². The van der Waals surface area contributed by atoms with Crippen LogP contribution in [0.5, 0.6) is 0 Å². The molecule has 150 valence electrons. The summed E-state index contributed by atoms with van der Waals surface area (Å²) < 4.78 is 5.18. The monoisotopic (exact) mass is 411 g/mol. The van der Waals surface area contributed by atoms with E-state index in [9.17, 15) is 14.4 Å². The summed E-state index contributed by atoms with van der Waals surface area (Å²) in [5, 5.41) is 3.62. The minimum atomic E-state index is -0.415. The lowest BCUT2D eigenvalue weighted by Gasteiger charge is -2.08. The number of thioether (sulfide) groups is 1. The Labute approximate surface area is 171 Å². The van der Waals surface area contributed by atoms with Crippen molar-refractivity contribution in [1.82, 2.24) is 9.97 Å². The average molecular weight is 411 g/mol. The molecule has 0 radical (unpaired) electrons. The first kappa shape index (κ1) is 20.6. The molecule has 0 aliphatic heterocycles. The van der Waals surface area contributed by atoms with Gasteiger partial charge in [0.2, 0.25) is 5.91 Å². The smallest absolute Gasteiger partial charge is 0.338 e. The number of esters is 1. The molecule has 0 saturated carbocycles. The molecule has 2 aromatic carbocycles. The number of aromatic amines is 1. The zero-order chi connectivity index (χ0) is 20.6. The van der Waals surface area contributed by atoms with Crippen molar-refractivity contribution in [3.63, 3.8) is 0 Å². The summed E-state index contributed by atoms with van der Waals surface area (Å²) in [6.45, 7) is 2.39. The quantitative estimate of drug-likeness (QED) is 0.254. The third-order valence-electron chi connectivity index (χ3n) is 4.04. The molecule has 3 aromatic rings. The fourth-order valence-electron chi connectivity index (χ4n) is 2.58. The molecular weight excluding hydrogens is 390 g/mol. The zero-order valence-electron chi connectivity index (χ0n) is 15.9. The third-order valence-corrected chi connectivity index (χ3v) is 4.92. The van der Waals surface area contributed by atoms with Gasteiger partial charge >= 0.3 is 5.97 Å². The highest BCUT2D eigenvalue weighted by atomic mass is 32.2. The Kier molecular flexibility index (Phi) is 7.02. The standard InChI is InChI=1S/C21H21N3O4S/c1-2-3-11-28-20(27)14-7-6-8-15(12-14)22-18(25)13-29-21-23-17-10-5-4-9-16(17)19(26)24-21/h4-10,12H,2-3,11,13H2,1H3,(H,22,25)(H,23,24,26). The molecular formula is C21H21N3O4S. The molecule has 29 heavy (non-hydrogen) atoms. The van der Waals surface area contributed by atoms with Crippen molar-refractivity contribution in [3.8, 4) is 0 Å². The van der Waals surface area contributed by atoms with Gasteiger partial charge in [-0.3, -0.25) is 9.59 Å². The number of para-hydroxylation sites is 1. The van der Waals surface area contributed by atoms with Crippen LogP contribution >= 0.6 is 11.8 Å². The second-order valence-corrected chi connectivity index (χ2v) is 7.26. The van der Waals surface area contributed by atoms with E-state index >= 15 is 0 Å². The molecule has 0 aliphatic rings. The number of anilines is 1. The molecule has 1 amide bonds. The van der Waals surface area contributed by atoms with E-state index in [1.54, 1.807) is 48.5 Å².